The van der Waals surface area contributed by atoms with Gasteiger partial charge in [0.25, 0.3) is 0 Å². The van der Waals surface area contributed by atoms with Gasteiger partial charge in [0.15, 0.2) is 0 Å². The number of phenolic OH excluding ortho intramolecular Hbond substituents is 3. The molecule has 36 heavy (non-hydrogen) atoms. The van der Waals surface area contributed by atoms with Crippen molar-refractivity contribution in [1.82, 2.24) is 0 Å². The van der Waals surface area contributed by atoms with Crippen molar-refractivity contribution >= 4 is 6.21 Å². The van der Waals surface area contributed by atoms with Gasteiger partial charge in [-0.05, 0) is 56.2 Å². The summed E-state index contributed by atoms with van der Waals surface area (Å²) >= 11 is 0. The molecule has 0 aromatic heterocycles. The van der Waals surface area contributed by atoms with Crippen molar-refractivity contribution < 1.29 is 32.4 Å². The zero-order valence-corrected chi connectivity index (χ0v) is 22.5. The third kappa shape index (κ3) is 8.68. The fourth-order valence-corrected chi connectivity index (χ4v) is 3.87. The van der Waals surface area contributed by atoms with Crippen LogP contribution in [0.5, 0.6) is 17.2 Å². The summed E-state index contributed by atoms with van der Waals surface area (Å²) in [4.78, 5) is 4.63. The molecule has 0 heterocycles. The molecule has 0 aliphatic heterocycles. The zero-order chi connectivity index (χ0) is 25.4. The van der Waals surface area contributed by atoms with Gasteiger partial charge in [0.05, 0.1) is 0 Å². The molecule has 0 aliphatic carbocycles. The normalized spacial score (nSPS) is 11.6. The third-order valence-electron chi connectivity index (χ3n) is 5.91. The van der Waals surface area contributed by atoms with Crippen LogP contribution in [0.4, 0.5) is 0 Å². The van der Waals surface area contributed by atoms with Gasteiger partial charge in [-0.1, -0.05) is 59.4 Å². The van der Waals surface area contributed by atoms with Gasteiger partial charge in [-0.25, -0.2) is 0 Å². The van der Waals surface area contributed by atoms with Crippen molar-refractivity contribution in [3.63, 3.8) is 0 Å². The van der Waals surface area contributed by atoms with E-state index in [0.717, 1.165) is 27.8 Å². The molecule has 0 bridgehead atoms. The van der Waals surface area contributed by atoms with Crippen molar-refractivity contribution in [2.24, 2.45) is 10.4 Å². The molecular formula is C29H35FeN3O3+3. The number of aliphatic imine (C=N–C) groups is 1. The van der Waals surface area contributed by atoms with Gasteiger partial charge in [0, 0.05) is 18.3 Å². The standard InChI is InChI=1S/C29H35N3O3.Fe/c1-20-5-8-26(33)23(11-20)14-30-17-29(4,18-31-15-24-12-21(2)6-9-27(24)34)19-32-16-25-13-22(3)7-10-28(25)35;/h5-14,33-35H,15-19H2,1-4H3;/q-2;+5. The molecule has 1 radical (unpaired) electrons. The topological polar surface area (TPSA) is 101 Å². The van der Waals surface area contributed by atoms with Crippen molar-refractivity contribution in [3.8, 4) is 17.2 Å². The van der Waals surface area contributed by atoms with Gasteiger partial charge < -0.3 is 26.0 Å². The Morgan fingerprint density at radius 2 is 1.17 bits per heavy atom. The molecule has 3 aromatic carbocycles. The van der Waals surface area contributed by atoms with Crippen LogP contribution in [0.25, 0.3) is 10.6 Å². The predicted octanol–water partition coefficient (Wildman–Crippen LogP) is 6.30. The van der Waals surface area contributed by atoms with Gasteiger partial charge in [0.2, 0.25) is 0 Å². The molecule has 0 aliphatic rings. The molecule has 3 aromatic rings. The van der Waals surface area contributed by atoms with E-state index in [4.69, 9.17) is 10.6 Å². The van der Waals surface area contributed by atoms with Crippen LogP contribution in [-0.2, 0) is 30.2 Å². The Labute approximate surface area is 225 Å². The van der Waals surface area contributed by atoms with Crippen LogP contribution in [0.3, 0.4) is 0 Å². The van der Waals surface area contributed by atoms with Crippen LogP contribution in [0.15, 0.2) is 59.6 Å². The molecule has 0 saturated carbocycles. The van der Waals surface area contributed by atoms with Crippen molar-refractivity contribution in [2.75, 3.05) is 19.6 Å². The fourth-order valence-electron chi connectivity index (χ4n) is 3.87. The fraction of sp³-hybridized carbons (Fsp3) is 0.345. The number of rotatable bonds is 11. The quantitative estimate of drug-likeness (QED) is 0.201. The average molecular weight is 529 g/mol. The van der Waals surface area contributed by atoms with E-state index in [1.807, 2.05) is 57.2 Å². The minimum absolute atomic E-state index is 0. The van der Waals surface area contributed by atoms with Crippen LogP contribution in [0, 0.1) is 26.2 Å². The van der Waals surface area contributed by atoms with Crippen molar-refractivity contribution in [3.05, 3.63) is 98.6 Å². The maximum absolute atomic E-state index is 10.1. The second-order valence-corrected chi connectivity index (χ2v) is 9.69. The van der Waals surface area contributed by atoms with Crippen LogP contribution < -0.4 is 0 Å². The Morgan fingerprint density at radius 1 is 0.722 bits per heavy atom. The van der Waals surface area contributed by atoms with Crippen LogP contribution in [0.2, 0.25) is 0 Å². The molecule has 189 valence electrons. The van der Waals surface area contributed by atoms with Crippen molar-refractivity contribution in [2.45, 2.75) is 40.8 Å². The van der Waals surface area contributed by atoms with Crippen LogP contribution in [-0.4, -0.2) is 41.2 Å². The molecule has 3 N–H and O–H groups in total. The molecule has 0 spiro atoms. The van der Waals surface area contributed by atoms with E-state index in [1.165, 1.54) is 0 Å². The molecule has 6 nitrogen and oxygen atoms in total. The second-order valence-electron chi connectivity index (χ2n) is 9.69. The second kappa shape index (κ2) is 13.5. The summed E-state index contributed by atoms with van der Waals surface area (Å²) in [6, 6.07) is 16.4. The van der Waals surface area contributed by atoms with E-state index in [2.05, 4.69) is 11.9 Å². The van der Waals surface area contributed by atoms with Gasteiger partial charge >= 0.3 is 17.1 Å². The van der Waals surface area contributed by atoms with Gasteiger partial charge in [0.1, 0.15) is 17.2 Å². The number of hydrogen-bond donors (Lipinski definition) is 3. The van der Waals surface area contributed by atoms with E-state index in [9.17, 15) is 15.3 Å². The Balaban J connectivity index is 0.00000456. The van der Waals surface area contributed by atoms with Crippen molar-refractivity contribution in [1.29, 1.82) is 0 Å². The van der Waals surface area contributed by atoms with Gasteiger partial charge in [-0.2, -0.15) is 0 Å². The SMILES string of the molecule is Cc1ccc(O)c(C=NCC(C)(C[N-]Cc2cc(C)ccc2O)C[N-]Cc2cc(C)ccc2O)c1.[Fe+5]. The number of aryl methyl sites for hydroxylation is 3. The molecule has 7 heteroatoms. The first kappa shape index (κ1) is 29.4. The molecular weight excluding hydrogens is 494 g/mol. The average Bonchev–Trinajstić information content (AvgIpc) is 2.81. The maximum Gasteiger partial charge on any atom is 5.00 e. The number of hydrogen-bond acceptors (Lipinski definition) is 4. The third-order valence-corrected chi connectivity index (χ3v) is 5.91. The number of nitrogens with zero attached hydrogens (tertiary/aromatic N) is 3. The summed E-state index contributed by atoms with van der Waals surface area (Å²) in [5.41, 5.74) is 5.10. The minimum atomic E-state index is -0.366. The van der Waals surface area contributed by atoms with E-state index in [0.29, 0.717) is 38.3 Å². The summed E-state index contributed by atoms with van der Waals surface area (Å²) in [6.07, 6.45) is 1.69. The first-order valence-corrected chi connectivity index (χ1v) is 11.8. The molecule has 0 amide bonds. The monoisotopic (exact) mass is 529 g/mol. The molecule has 0 fully saturated rings. The largest absolute Gasteiger partial charge is 5.00 e. The number of aromatic hydroxyl groups is 3. The molecule has 0 unspecified atom stereocenters. The smallest absolute Gasteiger partial charge is 0.658 e. The van der Waals surface area contributed by atoms with E-state index >= 15 is 0 Å². The summed E-state index contributed by atoms with van der Waals surface area (Å²) in [5.74, 6) is 0.683. The van der Waals surface area contributed by atoms with E-state index in [1.54, 1.807) is 24.4 Å². The van der Waals surface area contributed by atoms with Crippen LogP contribution in [0.1, 0.15) is 40.3 Å². The Bertz CT molecular complexity index is 1120. The summed E-state index contributed by atoms with van der Waals surface area (Å²) in [5, 5.41) is 39.9. The maximum atomic E-state index is 10.1. The van der Waals surface area contributed by atoms with Gasteiger partial charge in [-0.15, -0.1) is 26.2 Å². The zero-order valence-electron chi connectivity index (χ0n) is 21.3. The van der Waals surface area contributed by atoms with E-state index < -0.39 is 0 Å². The predicted molar refractivity (Wildman–Crippen MR) is 143 cm³/mol. The first-order valence-electron chi connectivity index (χ1n) is 11.8. The molecule has 3 rings (SSSR count). The molecule has 0 saturated heterocycles. The van der Waals surface area contributed by atoms with Gasteiger partial charge in [-0.3, -0.25) is 4.99 Å². The summed E-state index contributed by atoms with van der Waals surface area (Å²) in [6.45, 7) is 10.3. The Morgan fingerprint density at radius 3 is 1.67 bits per heavy atom. The Hall–Kier alpha value is -2.83. The first-order chi connectivity index (χ1) is 16.6. The number of phenols is 3. The molecule has 0 atom stereocenters. The Kier molecular flexibility index (Phi) is 11.0. The summed E-state index contributed by atoms with van der Waals surface area (Å²) < 4.78 is 0. The van der Waals surface area contributed by atoms with Crippen LogP contribution >= 0.6 is 0 Å². The van der Waals surface area contributed by atoms with E-state index in [-0.39, 0.29) is 39.7 Å². The number of benzene rings is 3. The minimum Gasteiger partial charge on any atom is -0.658 e. The summed E-state index contributed by atoms with van der Waals surface area (Å²) in [7, 11) is 0.